The third kappa shape index (κ3) is 1.77. The van der Waals surface area contributed by atoms with Crippen molar-refractivity contribution in [3.8, 4) is 5.88 Å². The minimum absolute atomic E-state index is 0.298. The minimum Gasteiger partial charge on any atom is -0.480 e. The Hall–Kier alpha value is -1.58. The zero-order chi connectivity index (χ0) is 9.84. The number of primary amides is 1. The zero-order valence-corrected chi connectivity index (χ0v) is 7.70. The van der Waals surface area contributed by atoms with E-state index in [0.717, 1.165) is 12.0 Å². The number of methoxy groups -OCH3 is 1. The third-order valence-electron chi connectivity index (χ3n) is 1.82. The number of aryl methyl sites for hydroxylation is 1. The maximum atomic E-state index is 11.1. The molecule has 70 valence electrons. The van der Waals surface area contributed by atoms with E-state index >= 15 is 0 Å². The van der Waals surface area contributed by atoms with Crippen molar-refractivity contribution in [1.29, 1.82) is 0 Å². The van der Waals surface area contributed by atoms with E-state index in [0.29, 0.717) is 11.4 Å². The van der Waals surface area contributed by atoms with Crippen LogP contribution in [0.4, 0.5) is 0 Å². The van der Waals surface area contributed by atoms with Gasteiger partial charge in [-0.1, -0.05) is 6.92 Å². The number of rotatable bonds is 3. The fraction of sp³-hybridized carbons (Fsp3) is 0.333. The second-order valence-corrected chi connectivity index (χ2v) is 2.57. The molecule has 0 aliphatic heterocycles. The molecular weight excluding hydrogens is 168 g/mol. The molecule has 0 aliphatic carbocycles. The largest absolute Gasteiger partial charge is 0.480 e. The van der Waals surface area contributed by atoms with E-state index in [-0.39, 0.29) is 0 Å². The van der Waals surface area contributed by atoms with E-state index in [2.05, 4.69) is 4.98 Å². The van der Waals surface area contributed by atoms with Gasteiger partial charge in [0.25, 0.3) is 5.91 Å². The summed E-state index contributed by atoms with van der Waals surface area (Å²) in [5, 5.41) is 0. The summed E-state index contributed by atoms with van der Waals surface area (Å²) in [6.45, 7) is 1.95. The first-order valence-electron chi connectivity index (χ1n) is 4.02. The highest BCUT2D eigenvalue weighted by molar-refractivity contribution is 5.96. The average Bonchev–Trinajstić information content (AvgIpc) is 2.16. The molecule has 0 saturated carbocycles. The van der Waals surface area contributed by atoms with E-state index in [1.54, 1.807) is 12.3 Å². The highest BCUT2D eigenvalue weighted by Gasteiger charge is 2.13. The third-order valence-corrected chi connectivity index (χ3v) is 1.82. The molecule has 0 saturated heterocycles. The van der Waals surface area contributed by atoms with Crippen LogP contribution in [-0.2, 0) is 6.42 Å². The van der Waals surface area contributed by atoms with Crippen molar-refractivity contribution in [2.24, 2.45) is 5.73 Å². The van der Waals surface area contributed by atoms with Gasteiger partial charge in [-0.3, -0.25) is 4.79 Å². The van der Waals surface area contributed by atoms with Gasteiger partial charge in [0.05, 0.1) is 7.11 Å². The summed E-state index contributed by atoms with van der Waals surface area (Å²) in [4.78, 5) is 15.0. The summed E-state index contributed by atoms with van der Waals surface area (Å²) in [6, 6.07) is 1.77. The Labute approximate surface area is 76.7 Å². The van der Waals surface area contributed by atoms with E-state index in [1.807, 2.05) is 6.92 Å². The molecule has 13 heavy (non-hydrogen) atoms. The van der Waals surface area contributed by atoms with Crippen LogP contribution >= 0.6 is 0 Å². The molecule has 0 spiro atoms. The van der Waals surface area contributed by atoms with Crippen molar-refractivity contribution in [3.63, 3.8) is 0 Å². The molecule has 1 amide bonds. The molecule has 0 bridgehead atoms. The number of ether oxygens (including phenoxy) is 1. The number of carbonyl (C=O) groups is 1. The first-order chi connectivity index (χ1) is 6.20. The minimum atomic E-state index is -0.498. The van der Waals surface area contributed by atoms with E-state index in [9.17, 15) is 4.79 Å². The molecule has 1 aromatic rings. The van der Waals surface area contributed by atoms with Gasteiger partial charge < -0.3 is 10.5 Å². The number of carbonyl (C=O) groups excluding carboxylic acids is 1. The summed E-state index contributed by atoms with van der Waals surface area (Å²) in [5.41, 5.74) is 6.45. The summed E-state index contributed by atoms with van der Waals surface area (Å²) >= 11 is 0. The van der Waals surface area contributed by atoms with Gasteiger partial charge in [0.2, 0.25) is 5.88 Å². The maximum Gasteiger partial charge on any atom is 0.254 e. The van der Waals surface area contributed by atoms with Crippen molar-refractivity contribution in [1.82, 2.24) is 4.98 Å². The second-order valence-electron chi connectivity index (χ2n) is 2.57. The SMILES string of the molecule is CCc1ccnc(OC)c1C(N)=O. The van der Waals surface area contributed by atoms with Crippen LogP contribution < -0.4 is 10.5 Å². The predicted octanol–water partition coefficient (Wildman–Crippen LogP) is 0.751. The van der Waals surface area contributed by atoms with Crippen LogP contribution in [0.15, 0.2) is 12.3 Å². The van der Waals surface area contributed by atoms with Crippen molar-refractivity contribution < 1.29 is 9.53 Å². The van der Waals surface area contributed by atoms with Gasteiger partial charge in [-0.25, -0.2) is 4.98 Å². The highest BCUT2D eigenvalue weighted by Crippen LogP contribution is 2.18. The number of pyridine rings is 1. The Morgan fingerprint density at radius 3 is 2.85 bits per heavy atom. The molecule has 1 heterocycles. The number of nitrogens with zero attached hydrogens (tertiary/aromatic N) is 1. The number of aromatic nitrogens is 1. The van der Waals surface area contributed by atoms with Crippen LogP contribution in [0.3, 0.4) is 0 Å². The zero-order valence-electron chi connectivity index (χ0n) is 7.70. The van der Waals surface area contributed by atoms with Crippen molar-refractivity contribution in [2.45, 2.75) is 13.3 Å². The number of hydrogen-bond acceptors (Lipinski definition) is 3. The van der Waals surface area contributed by atoms with Crippen LogP contribution in [0.5, 0.6) is 5.88 Å². The summed E-state index contributed by atoms with van der Waals surface area (Å²) in [7, 11) is 1.47. The van der Waals surface area contributed by atoms with E-state index in [1.165, 1.54) is 7.11 Å². The molecule has 2 N–H and O–H groups in total. The van der Waals surface area contributed by atoms with Gasteiger partial charge in [0.1, 0.15) is 5.56 Å². The lowest BCUT2D eigenvalue weighted by molar-refractivity contribution is 0.0995. The van der Waals surface area contributed by atoms with Crippen LogP contribution in [0, 0.1) is 0 Å². The fourth-order valence-electron chi connectivity index (χ4n) is 1.19. The van der Waals surface area contributed by atoms with Crippen LogP contribution in [0.2, 0.25) is 0 Å². The van der Waals surface area contributed by atoms with Crippen molar-refractivity contribution in [2.75, 3.05) is 7.11 Å². The fourth-order valence-corrected chi connectivity index (χ4v) is 1.19. The average molecular weight is 180 g/mol. The summed E-state index contributed by atoms with van der Waals surface area (Å²) in [6.07, 6.45) is 2.33. The van der Waals surface area contributed by atoms with Gasteiger partial charge in [0.15, 0.2) is 0 Å². The Kier molecular flexibility index (Phi) is 2.84. The van der Waals surface area contributed by atoms with Gasteiger partial charge in [-0.2, -0.15) is 0 Å². The smallest absolute Gasteiger partial charge is 0.254 e. The van der Waals surface area contributed by atoms with E-state index < -0.39 is 5.91 Å². The summed E-state index contributed by atoms with van der Waals surface area (Å²) < 4.78 is 4.94. The number of nitrogens with two attached hydrogens (primary N) is 1. The molecular formula is C9H12N2O2. The van der Waals surface area contributed by atoms with Gasteiger partial charge in [-0.15, -0.1) is 0 Å². The molecule has 0 aliphatic rings. The van der Waals surface area contributed by atoms with Crippen molar-refractivity contribution >= 4 is 5.91 Å². The number of hydrogen-bond donors (Lipinski definition) is 1. The lowest BCUT2D eigenvalue weighted by Crippen LogP contribution is -2.15. The van der Waals surface area contributed by atoms with Gasteiger partial charge in [0, 0.05) is 6.20 Å². The topological polar surface area (TPSA) is 65.2 Å². The second kappa shape index (κ2) is 3.89. The Bertz CT molecular complexity index is 301. The maximum absolute atomic E-state index is 11.1. The number of amides is 1. The lowest BCUT2D eigenvalue weighted by Gasteiger charge is -2.07. The molecule has 0 atom stereocenters. The van der Waals surface area contributed by atoms with Crippen LogP contribution in [0.25, 0.3) is 0 Å². The molecule has 0 radical (unpaired) electrons. The van der Waals surface area contributed by atoms with Crippen LogP contribution in [0.1, 0.15) is 22.8 Å². The Morgan fingerprint density at radius 2 is 2.38 bits per heavy atom. The molecule has 1 rings (SSSR count). The lowest BCUT2D eigenvalue weighted by atomic mass is 10.1. The molecule has 0 fully saturated rings. The molecule has 4 heteroatoms. The van der Waals surface area contributed by atoms with Crippen molar-refractivity contribution in [3.05, 3.63) is 23.4 Å². The molecule has 0 aromatic carbocycles. The first-order valence-corrected chi connectivity index (χ1v) is 4.02. The normalized spacial score (nSPS) is 9.69. The monoisotopic (exact) mass is 180 g/mol. The molecule has 0 unspecified atom stereocenters. The molecule has 1 aromatic heterocycles. The first kappa shape index (κ1) is 9.51. The van der Waals surface area contributed by atoms with E-state index in [4.69, 9.17) is 10.5 Å². The Morgan fingerprint density at radius 1 is 1.69 bits per heavy atom. The van der Waals surface area contributed by atoms with Crippen LogP contribution in [-0.4, -0.2) is 18.0 Å². The highest BCUT2D eigenvalue weighted by atomic mass is 16.5. The Balaban J connectivity index is 3.29. The predicted molar refractivity (Wildman–Crippen MR) is 48.7 cm³/mol. The van der Waals surface area contributed by atoms with Gasteiger partial charge in [-0.05, 0) is 18.1 Å². The molecule has 4 nitrogen and oxygen atoms in total. The summed E-state index contributed by atoms with van der Waals surface area (Å²) in [5.74, 6) is -0.200. The quantitative estimate of drug-likeness (QED) is 0.746. The standard InChI is InChI=1S/C9H12N2O2/c1-3-6-4-5-11-9(13-2)7(6)8(10)12/h4-5H,3H2,1-2H3,(H2,10,12). The van der Waals surface area contributed by atoms with Gasteiger partial charge >= 0.3 is 0 Å².